The van der Waals surface area contributed by atoms with E-state index < -0.39 is 23.7 Å². The molecule has 0 aromatic carbocycles. The molecule has 7 nitrogen and oxygen atoms in total. The minimum Gasteiger partial charge on any atom is -0.387 e. The minimum atomic E-state index is -1.08. The van der Waals surface area contributed by atoms with E-state index >= 15 is 0 Å². The molecule has 0 aromatic rings. The summed E-state index contributed by atoms with van der Waals surface area (Å²) < 4.78 is 26.8. The summed E-state index contributed by atoms with van der Waals surface area (Å²) in [5, 5.41) is 10.5. The summed E-state index contributed by atoms with van der Waals surface area (Å²) in [5.74, 6) is -0.654. The number of ketones is 1. The van der Waals surface area contributed by atoms with Gasteiger partial charge in [-0.1, -0.05) is 0 Å². The molecular weight excluding hydrogens is 268 g/mol. The smallest absolute Gasteiger partial charge is 0.146 e. The second kappa shape index (κ2) is 5.32. The first-order valence-electron chi connectivity index (χ1n) is 6.70. The van der Waals surface area contributed by atoms with E-state index in [0.29, 0.717) is 0 Å². The van der Waals surface area contributed by atoms with Crippen molar-refractivity contribution in [2.45, 2.75) is 30.3 Å². The van der Waals surface area contributed by atoms with Crippen LogP contribution in [0.2, 0.25) is 0 Å². The molecule has 1 N–H and O–H groups in total. The van der Waals surface area contributed by atoms with E-state index in [4.69, 9.17) is 23.7 Å². The normalized spacial score (nSPS) is 46.1. The van der Waals surface area contributed by atoms with Gasteiger partial charge in [0, 0.05) is 26.6 Å². The molecule has 0 amide bonds. The fourth-order valence-corrected chi connectivity index (χ4v) is 3.83. The molecule has 6 atom stereocenters. The molecule has 2 saturated carbocycles. The largest absolute Gasteiger partial charge is 0.387 e. The zero-order chi connectivity index (χ0) is 14.3. The number of carbonyl (C=O) groups excluding carboxylic acids is 1. The Kier molecular flexibility index (Phi) is 3.83. The lowest BCUT2D eigenvalue weighted by atomic mass is 9.89. The maximum Gasteiger partial charge on any atom is 0.146 e. The molecular formula is C13H20O7. The van der Waals surface area contributed by atoms with Gasteiger partial charge in [-0.25, -0.2) is 0 Å². The molecule has 3 aliphatic rings. The SMILES string of the molecule is COCO[C@@H]1[C@H](OCOC)[C@H]2C(=O)C[C@@]3(O)CO[C@@H]1[C@@H]23. The van der Waals surface area contributed by atoms with Gasteiger partial charge in [0.05, 0.1) is 24.7 Å². The highest BCUT2D eigenvalue weighted by molar-refractivity contribution is 5.87. The highest BCUT2D eigenvalue weighted by Crippen LogP contribution is 2.54. The lowest BCUT2D eigenvalue weighted by Gasteiger charge is -2.25. The van der Waals surface area contributed by atoms with Gasteiger partial charge in [0.1, 0.15) is 31.1 Å². The van der Waals surface area contributed by atoms with Gasteiger partial charge in [0.15, 0.2) is 0 Å². The lowest BCUT2D eigenvalue weighted by Crippen LogP contribution is -2.39. The van der Waals surface area contributed by atoms with Crippen LogP contribution >= 0.6 is 0 Å². The minimum absolute atomic E-state index is 0.00965. The topological polar surface area (TPSA) is 83.5 Å². The predicted molar refractivity (Wildman–Crippen MR) is 64.8 cm³/mol. The van der Waals surface area contributed by atoms with Gasteiger partial charge >= 0.3 is 0 Å². The standard InChI is InChI=1S/C13H20O7/c1-16-5-19-10-8-7(14)3-13(15)4-18-11(9(8)13)12(10)20-6-17-2/h8-12,15H,3-6H2,1-2H3/t8-,9+,10+,11+,12+,13+/m0/s1. The Morgan fingerprint density at radius 2 is 1.90 bits per heavy atom. The van der Waals surface area contributed by atoms with E-state index in [1.54, 1.807) is 0 Å². The summed E-state index contributed by atoms with van der Waals surface area (Å²) in [4.78, 5) is 12.2. The molecule has 0 aromatic heterocycles. The molecule has 20 heavy (non-hydrogen) atoms. The third-order valence-corrected chi connectivity index (χ3v) is 4.50. The Balaban J connectivity index is 1.84. The molecule has 1 saturated heterocycles. The van der Waals surface area contributed by atoms with Crippen LogP contribution in [-0.4, -0.2) is 69.2 Å². The fraction of sp³-hybridized carbons (Fsp3) is 0.923. The molecule has 114 valence electrons. The first-order valence-corrected chi connectivity index (χ1v) is 6.70. The van der Waals surface area contributed by atoms with Crippen LogP contribution in [0.4, 0.5) is 0 Å². The van der Waals surface area contributed by atoms with Crippen molar-refractivity contribution in [3.63, 3.8) is 0 Å². The summed E-state index contributed by atoms with van der Waals surface area (Å²) in [5.41, 5.74) is -1.08. The number of rotatable bonds is 6. The number of hydrogen-bond donors (Lipinski definition) is 1. The zero-order valence-corrected chi connectivity index (χ0v) is 11.6. The van der Waals surface area contributed by atoms with Crippen molar-refractivity contribution in [3.8, 4) is 0 Å². The van der Waals surface area contributed by atoms with Crippen molar-refractivity contribution in [3.05, 3.63) is 0 Å². The highest BCUT2D eigenvalue weighted by Gasteiger charge is 2.70. The van der Waals surface area contributed by atoms with Crippen molar-refractivity contribution >= 4 is 5.78 Å². The van der Waals surface area contributed by atoms with Crippen LogP contribution in [0.3, 0.4) is 0 Å². The molecule has 1 aliphatic heterocycles. The summed E-state index contributed by atoms with van der Waals surface area (Å²) in [7, 11) is 3.04. The molecule has 3 fully saturated rings. The first-order chi connectivity index (χ1) is 9.62. The van der Waals surface area contributed by atoms with Crippen molar-refractivity contribution in [1.29, 1.82) is 0 Å². The van der Waals surface area contributed by atoms with Gasteiger partial charge in [-0.05, 0) is 0 Å². The van der Waals surface area contributed by atoms with Gasteiger partial charge in [-0.15, -0.1) is 0 Å². The first kappa shape index (κ1) is 14.4. The van der Waals surface area contributed by atoms with E-state index in [1.165, 1.54) is 14.2 Å². The number of hydrogen-bond acceptors (Lipinski definition) is 7. The maximum atomic E-state index is 12.2. The van der Waals surface area contributed by atoms with Crippen molar-refractivity contribution in [2.75, 3.05) is 34.4 Å². The molecule has 0 spiro atoms. The number of ether oxygens (including phenoxy) is 5. The summed E-state index contributed by atoms with van der Waals surface area (Å²) in [6.07, 6.45) is -1.11. The van der Waals surface area contributed by atoms with Crippen molar-refractivity contribution in [2.24, 2.45) is 11.8 Å². The van der Waals surface area contributed by atoms with E-state index in [2.05, 4.69) is 0 Å². The van der Waals surface area contributed by atoms with E-state index in [-0.39, 0.29) is 44.4 Å². The predicted octanol–water partition coefficient (Wildman–Crippen LogP) is -0.687. The number of methoxy groups -OCH3 is 2. The second-order valence-electron chi connectivity index (χ2n) is 5.65. The fourth-order valence-electron chi connectivity index (χ4n) is 3.83. The van der Waals surface area contributed by atoms with Gasteiger partial charge < -0.3 is 28.8 Å². The molecule has 3 rings (SSSR count). The van der Waals surface area contributed by atoms with Crippen molar-refractivity contribution in [1.82, 2.24) is 0 Å². The van der Waals surface area contributed by atoms with Crippen LogP contribution < -0.4 is 0 Å². The Hall–Kier alpha value is -0.570. The number of aliphatic hydroxyl groups is 1. The average Bonchev–Trinajstić information content (AvgIpc) is 2.99. The maximum absolute atomic E-state index is 12.2. The molecule has 0 radical (unpaired) electrons. The summed E-state index contributed by atoms with van der Waals surface area (Å²) >= 11 is 0. The third-order valence-electron chi connectivity index (χ3n) is 4.50. The van der Waals surface area contributed by atoms with Crippen LogP contribution in [-0.2, 0) is 28.5 Å². The molecule has 2 aliphatic carbocycles. The van der Waals surface area contributed by atoms with Crippen LogP contribution in [0.15, 0.2) is 0 Å². The molecule has 0 unspecified atom stereocenters. The van der Waals surface area contributed by atoms with Gasteiger partial charge in [-0.2, -0.15) is 0 Å². The van der Waals surface area contributed by atoms with Crippen molar-refractivity contribution < 1.29 is 33.6 Å². The van der Waals surface area contributed by atoms with Gasteiger partial charge in [-0.3, -0.25) is 4.79 Å². The molecule has 7 heteroatoms. The van der Waals surface area contributed by atoms with Gasteiger partial charge in [0.25, 0.3) is 0 Å². The highest BCUT2D eigenvalue weighted by atomic mass is 16.7. The zero-order valence-electron chi connectivity index (χ0n) is 11.6. The molecule has 0 bridgehead atoms. The van der Waals surface area contributed by atoms with Crippen LogP contribution in [0.5, 0.6) is 0 Å². The number of Topliss-reactive ketones (excluding diaryl/α,β-unsaturated/α-hetero) is 1. The quantitative estimate of drug-likeness (QED) is 0.648. The Morgan fingerprint density at radius 3 is 2.55 bits per heavy atom. The molecule has 1 heterocycles. The van der Waals surface area contributed by atoms with Crippen LogP contribution in [0.25, 0.3) is 0 Å². The second-order valence-corrected chi connectivity index (χ2v) is 5.65. The lowest BCUT2D eigenvalue weighted by molar-refractivity contribution is -0.176. The summed E-state index contributed by atoms with van der Waals surface area (Å²) in [6.45, 7) is 0.330. The van der Waals surface area contributed by atoms with E-state index in [1.807, 2.05) is 0 Å². The van der Waals surface area contributed by atoms with E-state index in [0.717, 1.165) is 0 Å². The van der Waals surface area contributed by atoms with Gasteiger partial charge in [0.2, 0.25) is 0 Å². The Bertz CT molecular complexity index is 387. The average molecular weight is 288 g/mol. The Morgan fingerprint density at radius 1 is 1.25 bits per heavy atom. The number of carbonyl (C=O) groups is 1. The third kappa shape index (κ3) is 2.01. The Labute approximate surface area is 117 Å². The van der Waals surface area contributed by atoms with Crippen LogP contribution in [0, 0.1) is 11.8 Å². The van der Waals surface area contributed by atoms with Crippen LogP contribution in [0.1, 0.15) is 6.42 Å². The summed E-state index contributed by atoms with van der Waals surface area (Å²) in [6, 6.07) is 0. The monoisotopic (exact) mass is 288 g/mol. The van der Waals surface area contributed by atoms with E-state index in [9.17, 15) is 9.90 Å².